The monoisotopic (exact) mass is 255 g/mol. The van der Waals surface area contributed by atoms with Gasteiger partial charge in [0.2, 0.25) is 0 Å². The fourth-order valence-corrected chi connectivity index (χ4v) is 2.11. The van der Waals surface area contributed by atoms with Crippen LogP contribution >= 0.6 is 0 Å². The molecule has 100 valence electrons. The van der Waals surface area contributed by atoms with Crippen LogP contribution in [0.5, 0.6) is 0 Å². The number of hydrogen-bond donors (Lipinski definition) is 4. The van der Waals surface area contributed by atoms with Gasteiger partial charge in [0.05, 0.1) is 18.8 Å². The van der Waals surface area contributed by atoms with E-state index in [1.54, 1.807) is 13.0 Å². The first-order valence-corrected chi connectivity index (χ1v) is 5.70. The van der Waals surface area contributed by atoms with Gasteiger partial charge in [-0.2, -0.15) is 0 Å². The summed E-state index contributed by atoms with van der Waals surface area (Å²) in [5.41, 5.74) is 2.72. The molecule has 0 radical (unpaired) electrons. The molecule has 2 rings (SSSR count). The lowest BCUT2D eigenvalue weighted by Gasteiger charge is -2.11. The first kappa shape index (κ1) is 13.0. The average Bonchev–Trinajstić information content (AvgIpc) is 2.82. The zero-order valence-electron chi connectivity index (χ0n) is 10.1. The molecule has 1 aromatic heterocycles. The third kappa shape index (κ3) is 2.54. The number of nitrogens with zero attached hydrogens (tertiary/aromatic N) is 1. The number of nitrogen functional groups attached to an aromatic ring is 1. The molecule has 2 heterocycles. The van der Waals surface area contributed by atoms with Crippen LogP contribution in [0.15, 0.2) is 10.5 Å². The number of carbonyl (C=O) groups excluding carboxylic acids is 1. The van der Waals surface area contributed by atoms with Crippen molar-refractivity contribution in [2.75, 3.05) is 13.1 Å². The van der Waals surface area contributed by atoms with Gasteiger partial charge in [-0.15, -0.1) is 0 Å². The van der Waals surface area contributed by atoms with Gasteiger partial charge in [0.15, 0.2) is 5.76 Å². The van der Waals surface area contributed by atoms with Crippen molar-refractivity contribution in [2.45, 2.75) is 25.7 Å². The van der Waals surface area contributed by atoms with Crippen LogP contribution in [0.1, 0.15) is 21.9 Å². The first-order chi connectivity index (χ1) is 8.51. The molecule has 0 spiro atoms. The van der Waals surface area contributed by atoms with Crippen LogP contribution in [0, 0.1) is 6.92 Å². The van der Waals surface area contributed by atoms with E-state index in [1.807, 2.05) is 10.3 Å². The number of aliphatic hydroxyl groups is 2. The van der Waals surface area contributed by atoms with Crippen molar-refractivity contribution in [1.82, 2.24) is 10.3 Å². The van der Waals surface area contributed by atoms with E-state index in [9.17, 15) is 15.0 Å². The minimum absolute atomic E-state index is 0.188. The Labute approximate surface area is 104 Å². The highest BCUT2D eigenvalue weighted by Gasteiger charge is 2.30. The number of hydrogen-bond acceptors (Lipinski definition) is 6. The normalized spacial score (nSPS) is 24.4. The maximum absolute atomic E-state index is 11.4. The Hall–Kier alpha value is -1.41. The first-order valence-electron chi connectivity index (χ1n) is 5.70. The highest BCUT2D eigenvalue weighted by Crippen LogP contribution is 2.19. The molecule has 1 aromatic rings. The molecule has 1 aliphatic heterocycles. The smallest absolute Gasteiger partial charge is 0.301 e. The standard InChI is InChI=1S/C11H17N3O4/c1-6-2-7(18-10(6)11(17)13-12)3-14-4-8(15)9(16)5-14/h2,8-9,15-16H,3-5,12H2,1H3,(H,13,17). The van der Waals surface area contributed by atoms with E-state index >= 15 is 0 Å². The maximum Gasteiger partial charge on any atom is 0.301 e. The van der Waals surface area contributed by atoms with Crippen LogP contribution in [-0.2, 0) is 6.54 Å². The molecule has 0 saturated carbocycles. The second-order valence-corrected chi connectivity index (χ2v) is 4.53. The minimum Gasteiger partial charge on any atom is -0.454 e. The molecule has 1 saturated heterocycles. The number of nitrogens with two attached hydrogens (primary N) is 1. The summed E-state index contributed by atoms with van der Waals surface area (Å²) in [7, 11) is 0. The number of furan rings is 1. The Morgan fingerprint density at radius 1 is 1.56 bits per heavy atom. The van der Waals surface area contributed by atoms with Gasteiger partial charge >= 0.3 is 5.91 Å². The Kier molecular flexibility index (Phi) is 3.67. The lowest BCUT2D eigenvalue weighted by atomic mass is 10.2. The zero-order chi connectivity index (χ0) is 13.3. The third-order valence-corrected chi connectivity index (χ3v) is 3.02. The van der Waals surface area contributed by atoms with Crippen LogP contribution in [0.2, 0.25) is 0 Å². The number of amides is 1. The number of likely N-dealkylation sites (tertiary alicyclic amines) is 1. The van der Waals surface area contributed by atoms with E-state index in [0.717, 1.165) is 0 Å². The minimum atomic E-state index is -0.729. The predicted molar refractivity (Wildman–Crippen MR) is 62.4 cm³/mol. The molecule has 2 unspecified atom stereocenters. The second-order valence-electron chi connectivity index (χ2n) is 4.53. The summed E-state index contributed by atoms with van der Waals surface area (Å²) in [6.07, 6.45) is -1.46. The van der Waals surface area contributed by atoms with Gasteiger partial charge in [-0.1, -0.05) is 0 Å². The van der Waals surface area contributed by atoms with Crippen molar-refractivity contribution in [3.05, 3.63) is 23.2 Å². The van der Waals surface area contributed by atoms with E-state index in [-0.39, 0.29) is 5.76 Å². The molecule has 5 N–H and O–H groups in total. The molecule has 1 amide bonds. The molecule has 7 heteroatoms. The molecular formula is C11H17N3O4. The van der Waals surface area contributed by atoms with Gasteiger partial charge in [0.25, 0.3) is 0 Å². The van der Waals surface area contributed by atoms with Gasteiger partial charge in [0.1, 0.15) is 5.76 Å². The van der Waals surface area contributed by atoms with Crippen LogP contribution in [0.25, 0.3) is 0 Å². The second kappa shape index (κ2) is 5.07. The summed E-state index contributed by atoms with van der Waals surface area (Å²) < 4.78 is 5.40. The molecule has 1 fully saturated rings. The van der Waals surface area contributed by atoms with Crippen molar-refractivity contribution < 1.29 is 19.4 Å². The average molecular weight is 255 g/mol. The summed E-state index contributed by atoms with van der Waals surface area (Å²) >= 11 is 0. The predicted octanol–water partition coefficient (Wildman–Crippen LogP) is -1.27. The SMILES string of the molecule is Cc1cc(CN2CC(O)C(O)C2)oc1C(=O)NN. The topological polar surface area (TPSA) is 112 Å². The Morgan fingerprint density at radius 2 is 2.17 bits per heavy atom. The van der Waals surface area contributed by atoms with E-state index in [4.69, 9.17) is 10.3 Å². The van der Waals surface area contributed by atoms with E-state index in [0.29, 0.717) is 31.0 Å². The molecule has 0 bridgehead atoms. The van der Waals surface area contributed by atoms with E-state index in [2.05, 4.69) is 0 Å². The van der Waals surface area contributed by atoms with Crippen molar-refractivity contribution in [3.63, 3.8) is 0 Å². The van der Waals surface area contributed by atoms with Gasteiger partial charge in [-0.3, -0.25) is 15.1 Å². The lowest BCUT2D eigenvalue weighted by molar-refractivity contribution is 0.0572. The van der Waals surface area contributed by atoms with Gasteiger partial charge in [-0.05, 0) is 13.0 Å². The highest BCUT2D eigenvalue weighted by atomic mass is 16.4. The number of carbonyl (C=O) groups is 1. The Balaban J connectivity index is 2.05. The summed E-state index contributed by atoms with van der Waals surface area (Å²) in [6, 6.07) is 1.75. The molecule has 18 heavy (non-hydrogen) atoms. The van der Waals surface area contributed by atoms with E-state index in [1.165, 1.54) is 0 Å². The van der Waals surface area contributed by atoms with Crippen molar-refractivity contribution >= 4 is 5.91 Å². The number of nitrogens with one attached hydrogen (secondary N) is 1. The molecule has 7 nitrogen and oxygen atoms in total. The number of aryl methyl sites for hydroxylation is 1. The molecule has 2 atom stereocenters. The van der Waals surface area contributed by atoms with Gasteiger partial charge in [-0.25, -0.2) is 5.84 Å². The third-order valence-electron chi connectivity index (χ3n) is 3.02. The maximum atomic E-state index is 11.4. The zero-order valence-corrected chi connectivity index (χ0v) is 10.1. The van der Waals surface area contributed by atoms with Crippen LogP contribution in [-0.4, -0.2) is 46.3 Å². The van der Waals surface area contributed by atoms with Gasteiger partial charge < -0.3 is 14.6 Å². The Morgan fingerprint density at radius 3 is 2.72 bits per heavy atom. The molecule has 0 aliphatic carbocycles. The Bertz CT molecular complexity index is 435. The van der Waals surface area contributed by atoms with Crippen molar-refractivity contribution in [2.24, 2.45) is 5.84 Å². The summed E-state index contributed by atoms with van der Waals surface area (Å²) in [5.74, 6) is 5.37. The van der Waals surface area contributed by atoms with Crippen molar-refractivity contribution in [1.29, 1.82) is 0 Å². The highest BCUT2D eigenvalue weighted by molar-refractivity contribution is 5.92. The van der Waals surface area contributed by atoms with Crippen molar-refractivity contribution in [3.8, 4) is 0 Å². The lowest BCUT2D eigenvalue weighted by Crippen LogP contribution is -2.30. The summed E-state index contributed by atoms with van der Waals surface area (Å²) in [6.45, 7) is 2.97. The van der Waals surface area contributed by atoms with Crippen LogP contribution < -0.4 is 11.3 Å². The fourth-order valence-electron chi connectivity index (χ4n) is 2.11. The number of β-amino-alcohol motifs (C(OH)–C–C–N with tert-alkyl or cyclic N) is 2. The number of aliphatic hydroxyl groups excluding tert-OH is 2. The van der Waals surface area contributed by atoms with Crippen LogP contribution in [0.3, 0.4) is 0 Å². The largest absolute Gasteiger partial charge is 0.454 e. The fraction of sp³-hybridized carbons (Fsp3) is 0.545. The summed E-state index contributed by atoms with van der Waals surface area (Å²) in [4.78, 5) is 13.2. The van der Waals surface area contributed by atoms with Gasteiger partial charge in [0, 0.05) is 18.7 Å². The quantitative estimate of drug-likeness (QED) is 0.304. The molecule has 1 aliphatic rings. The molecule has 0 aromatic carbocycles. The van der Waals surface area contributed by atoms with E-state index < -0.39 is 18.1 Å². The number of rotatable bonds is 3. The summed E-state index contributed by atoms with van der Waals surface area (Å²) in [5, 5.41) is 18.9. The van der Waals surface area contributed by atoms with Crippen LogP contribution in [0.4, 0.5) is 0 Å². The number of hydrazine groups is 1. The molecular weight excluding hydrogens is 238 g/mol.